The van der Waals surface area contributed by atoms with E-state index in [0.29, 0.717) is 12.1 Å². The van der Waals surface area contributed by atoms with Crippen molar-refractivity contribution in [2.24, 2.45) is 11.7 Å². The van der Waals surface area contributed by atoms with Gasteiger partial charge in [-0.15, -0.1) is 12.4 Å². The van der Waals surface area contributed by atoms with Crippen LogP contribution in [0.15, 0.2) is 29.2 Å². The fourth-order valence-corrected chi connectivity index (χ4v) is 4.41. The molecule has 1 aliphatic carbocycles. The molecule has 2 rings (SSSR count). The molecule has 1 amide bonds. The van der Waals surface area contributed by atoms with Gasteiger partial charge in [-0.3, -0.25) is 4.79 Å². The van der Waals surface area contributed by atoms with Crippen molar-refractivity contribution in [2.45, 2.75) is 56.5 Å². The van der Waals surface area contributed by atoms with Crippen LogP contribution in [0.1, 0.15) is 49.9 Å². The van der Waals surface area contributed by atoms with E-state index in [0.717, 1.165) is 25.7 Å². The molecule has 0 bridgehead atoms. The van der Waals surface area contributed by atoms with E-state index in [1.54, 1.807) is 26.0 Å². The number of carbonyl (C=O) groups excluding carboxylic acids is 1. The minimum atomic E-state index is -3.61. The van der Waals surface area contributed by atoms with Crippen LogP contribution in [0.2, 0.25) is 0 Å². The van der Waals surface area contributed by atoms with Crippen LogP contribution in [0, 0.1) is 5.92 Å². The zero-order valence-electron chi connectivity index (χ0n) is 14.7. The van der Waals surface area contributed by atoms with Gasteiger partial charge in [-0.2, -0.15) is 0 Å². The Morgan fingerprint density at radius 1 is 1.28 bits per heavy atom. The van der Waals surface area contributed by atoms with Gasteiger partial charge in [0.1, 0.15) is 0 Å². The highest BCUT2D eigenvalue weighted by molar-refractivity contribution is 7.89. The van der Waals surface area contributed by atoms with Gasteiger partial charge < -0.3 is 11.1 Å². The minimum absolute atomic E-state index is 0. The Labute approximate surface area is 156 Å². The number of nitrogens with one attached hydrogen (secondary N) is 2. The summed E-state index contributed by atoms with van der Waals surface area (Å²) >= 11 is 0. The van der Waals surface area contributed by atoms with Crippen molar-refractivity contribution in [3.8, 4) is 0 Å². The number of amides is 1. The van der Waals surface area contributed by atoms with Crippen LogP contribution in [-0.4, -0.2) is 33.0 Å². The van der Waals surface area contributed by atoms with Gasteiger partial charge in [-0.05, 0) is 57.4 Å². The monoisotopic (exact) mass is 389 g/mol. The molecule has 1 aromatic carbocycles. The summed E-state index contributed by atoms with van der Waals surface area (Å²) in [4.78, 5) is 12.6. The summed E-state index contributed by atoms with van der Waals surface area (Å²) in [6.45, 7) is 4.06. The summed E-state index contributed by atoms with van der Waals surface area (Å²) in [5.74, 6) is 0.0409. The van der Waals surface area contributed by atoms with Gasteiger partial charge in [0.05, 0.1) is 4.90 Å². The van der Waals surface area contributed by atoms with Gasteiger partial charge in [0, 0.05) is 17.6 Å². The highest BCUT2D eigenvalue weighted by atomic mass is 35.5. The second-order valence-corrected chi connectivity index (χ2v) is 8.38. The molecule has 0 aromatic heterocycles. The van der Waals surface area contributed by atoms with Gasteiger partial charge in [-0.1, -0.05) is 18.9 Å². The Balaban J connectivity index is 0.00000312. The van der Waals surface area contributed by atoms with E-state index < -0.39 is 10.0 Å². The van der Waals surface area contributed by atoms with Gasteiger partial charge in [-0.25, -0.2) is 13.1 Å². The van der Waals surface area contributed by atoms with Crippen molar-refractivity contribution in [3.63, 3.8) is 0 Å². The first-order chi connectivity index (χ1) is 11.3. The molecular weight excluding hydrogens is 362 g/mol. The molecule has 1 aliphatic rings. The molecule has 0 spiro atoms. The third-order valence-electron chi connectivity index (χ3n) is 4.33. The van der Waals surface area contributed by atoms with Crippen LogP contribution in [0.3, 0.4) is 0 Å². The normalized spacial score (nSPS) is 20.8. The zero-order chi connectivity index (χ0) is 17.7. The van der Waals surface area contributed by atoms with E-state index >= 15 is 0 Å². The average Bonchev–Trinajstić information content (AvgIpc) is 2.54. The number of rotatable bonds is 6. The highest BCUT2D eigenvalue weighted by Crippen LogP contribution is 2.24. The quantitative estimate of drug-likeness (QED) is 0.692. The van der Waals surface area contributed by atoms with E-state index in [4.69, 9.17) is 5.73 Å². The minimum Gasteiger partial charge on any atom is -0.349 e. The van der Waals surface area contributed by atoms with E-state index in [1.807, 2.05) is 0 Å². The number of nitrogens with two attached hydrogens (primary N) is 1. The van der Waals surface area contributed by atoms with E-state index in [1.165, 1.54) is 12.1 Å². The fraction of sp³-hybridized carbons (Fsp3) is 0.588. The van der Waals surface area contributed by atoms with Crippen molar-refractivity contribution in [1.29, 1.82) is 0 Å². The maximum atomic E-state index is 12.5. The standard InChI is InChI=1S/C17H27N3O3S.ClH/c1-12(2)20-24(22,23)15-8-5-7-13(10-15)17(21)19-16-9-4-3-6-14(16)11-18;/h5,7-8,10,12,14,16,20H,3-4,6,9,11,18H2,1-2H3,(H,19,21);1H. The summed E-state index contributed by atoms with van der Waals surface area (Å²) in [5.41, 5.74) is 6.15. The van der Waals surface area contributed by atoms with Crippen LogP contribution >= 0.6 is 12.4 Å². The number of halogens is 1. The average molecular weight is 390 g/mol. The predicted molar refractivity (Wildman–Crippen MR) is 101 cm³/mol. The lowest BCUT2D eigenvalue weighted by molar-refractivity contribution is 0.0908. The third kappa shape index (κ3) is 5.95. The Morgan fingerprint density at radius 3 is 2.60 bits per heavy atom. The Bertz CT molecular complexity index is 679. The smallest absolute Gasteiger partial charge is 0.251 e. The first-order valence-electron chi connectivity index (χ1n) is 8.47. The molecule has 1 fully saturated rings. The molecule has 142 valence electrons. The molecule has 1 saturated carbocycles. The van der Waals surface area contributed by atoms with Crippen molar-refractivity contribution in [2.75, 3.05) is 6.54 Å². The summed E-state index contributed by atoms with van der Waals surface area (Å²) in [5, 5.41) is 3.02. The fourth-order valence-electron chi connectivity index (χ4n) is 3.11. The van der Waals surface area contributed by atoms with Crippen LogP contribution < -0.4 is 15.8 Å². The SMILES string of the molecule is CC(C)NS(=O)(=O)c1cccc(C(=O)NC2CCCCC2CN)c1.Cl. The number of benzene rings is 1. The predicted octanol–water partition coefficient (Wildman–Crippen LogP) is 2.04. The Morgan fingerprint density at radius 2 is 1.96 bits per heavy atom. The lowest BCUT2D eigenvalue weighted by Gasteiger charge is -2.31. The van der Waals surface area contributed by atoms with Gasteiger partial charge in [0.25, 0.3) is 5.91 Å². The molecule has 6 nitrogen and oxygen atoms in total. The third-order valence-corrected chi connectivity index (χ3v) is 5.98. The largest absolute Gasteiger partial charge is 0.349 e. The number of hydrogen-bond donors (Lipinski definition) is 3. The molecule has 0 saturated heterocycles. The molecule has 8 heteroatoms. The van der Waals surface area contributed by atoms with Crippen molar-refractivity contribution in [1.82, 2.24) is 10.0 Å². The molecule has 25 heavy (non-hydrogen) atoms. The summed E-state index contributed by atoms with van der Waals surface area (Å²) in [7, 11) is -3.61. The topological polar surface area (TPSA) is 101 Å². The van der Waals surface area contributed by atoms with Gasteiger partial charge in [0.15, 0.2) is 0 Å². The molecule has 4 N–H and O–H groups in total. The first kappa shape index (κ1) is 21.9. The molecule has 0 heterocycles. The van der Waals surface area contributed by atoms with Crippen molar-refractivity contribution in [3.05, 3.63) is 29.8 Å². The van der Waals surface area contributed by atoms with Crippen LogP contribution in [0.4, 0.5) is 0 Å². The lowest BCUT2D eigenvalue weighted by Crippen LogP contribution is -2.44. The molecule has 1 aromatic rings. The lowest BCUT2D eigenvalue weighted by atomic mass is 9.84. The summed E-state index contributed by atoms with van der Waals surface area (Å²) < 4.78 is 27.0. The first-order valence-corrected chi connectivity index (χ1v) is 9.95. The van der Waals surface area contributed by atoms with E-state index in [2.05, 4.69) is 10.0 Å². The van der Waals surface area contributed by atoms with Crippen molar-refractivity contribution < 1.29 is 13.2 Å². The molecular formula is C17H28ClN3O3S. The second kappa shape index (κ2) is 9.52. The van der Waals surface area contributed by atoms with E-state index in [-0.39, 0.29) is 41.2 Å². The van der Waals surface area contributed by atoms with Crippen LogP contribution in [0.5, 0.6) is 0 Å². The maximum Gasteiger partial charge on any atom is 0.251 e. The summed E-state index contributed by atoms with van der Waals surface area (Å²) in [6, 6.07) is 5.98. The number of sulfonamides is 1. The molecule has 0 radical (unpaired) electrons. The maximum absolute atomic E-state index is 12.5. The number of carbonyl (C=O) groups is 1. The highest BCUT2D eigenvalue weighted by Gasteiger charge is 2.26. The van der Waals surface area contributed by atoms with Gasteiger partial charge >= 0.3 is 0 Å². The Hall–Kier alpha value is -1.15. The van der Waals surface area contributed by atoms with Crippen LogP contribution in [0.25, 0.3) is 0 Å². The second-order valence-electron chi connectivity index (χ2n) is 6.66. The Kier molecular flexibility index (Phi) is 8.34. The number of hydrogen-bond acceptors (Lipinski definition) is 4. The summed E-state index contributed by atoms with van der Waals surface area (Å²) in [6.07, 6.45) is 4.16. The zero-order valence-corrected chi connectivity index (χ0v) is 16.3. The van der Waals surface area contributed by atoms with Gasteiger partial charge in [0.2, 0.25) is 10.0 Å². The molecule has 2 atom stereocenters. The molecule has 0 aliphatic heterocycles. The van der Waals surface area contributed by atoms with E-state index in [9.17, 15) is 13.2 Å². The van der Waals surface area contributed by atoms with Crippen molar-refractivity contribution >= 4 is 28.3 Å². The molecule has 2 unspecified atom stereocenters. The van der Waals surface area contributed by atoms with Crippen LogP contribution in [-0.2, 0) is 10.0 Å².